The van der Waals surface area contributed by atoms with Crippen molar-refractivity contribution < 1.29 is 4.39 Å². The van der Waals surface area contributed by atoms with E-state index in [9.17, 15) is 4.39 Å². The molecule has 0 aromatic carbocycles. The predicted molar refractivity (Wildman–Crippen MR) is 37.4 cm³/mol. The monoisotopic (exact) mass is 127 g/mol. The number of hydrogen-bond acceptors (Lipinski definition) is 1. The lowest BCUT2D eigenvalue weighted by atomic mass is 10.2. The molecular formula is C7H10FN. The molecule has 0 rings (SSSR count). The van der Waals surface area contributed by atoms with Gasteiger partial charge in [0.15, 0.2) is 0 Å². The molecule has 0 aliphatic rings. The molecule has 0 saturated heterocycles. The molecule has 0 amide bonds. The summed E-state index contributed by atoms with van der Waals surface area (Å²) >= 11 is 0. The van der Waals surface area contributed by atoms with Crippen LogP contribution >= 0.6 is 0 Å². The summed E-state index contributed by atoms with van der Waals surface area (Å²) in [5.74, 6) is -0.501. The van der Waals surface area contributed by atoms with Crippen molar-refractivity contribution in [3.63, 3.8) is 0 Å². The van der Waals surface area contributed by atoms with E-state index in [-0.39, 0.29) is 0 Å². The Bertz CT molecular complexity index is 168. The van der Waals surface area contributed by atoms with Gasteiger partial charge in [0, 0.05) is 5.71 Å². The van der Waals surface area contributed by atoms with Gasteiger partial charge in [0.25, 0.3) is 0 Å². The van der Waals surface area contributed by atoms with Crippen molar-refractivity contribution >= 4 is 5.71 Å². The molecular weight excluding hydrogens is 117 g/mol. The molecule has 0 fully saturated rings. The Balaban J connectivity index is 4.17. The van der Waals surface area contributed by atoms with Gasteiger partial charge in [-0.05, 0) is 25.5 Å². The molecule has 0 bridgehead atoms. The second-order valence-corrected chi connectivity index (χ2v) is 1.90. The smallest absolute Gasteiger partial charge is 0.116 e. The second kappa shape index (κ2) is 3.17. The molecule has 0 spiro atoms. The third-order valence-electron chi connectivity index (χ3n) is 0.965. The van der Waals surface area contributed by atoms with Gasteiger partial charge in [0.2, 0.25) is 0 Å². The zero-order valence-electron chi connectivity index (χ0n) is 5.66. The summed E-state index contributed by atoms with van der Waals surface area (Å²) < 4.78 is 11.9. The quantitative estimate of drug-likeness (QED) is 0.435. The van der Waals surface area contributed by atoms with Gasteiger partial charge in [0.05, 0.1) is 0 Å². The molecule has 50 valence electrons. The van der Waals surface area contributed by atoms with Gasteiger partial charge < -0.3 is 5.41 Å². The fourth-order valence-corrected chi connectivity index (χ4v) is 0.343. The van der Waals surface area contributed by atoms with Gasteiger partial charge in [-0.1, -0.05) is 6.58 Å². The lowest BCUT2D eigenvalue weighted by Crippen LogP contribution is -1.88. The standard InChI is InChI=1S/C7H10FN/c1-5(7(3)9)4-6(2)8/h4,9H,2H2,1,3H3/b5-4-,9-7?. The first-order valence-electron chi connectivity index (χ1n) is 2.62. The highest BCUT2D eigenvalue weighted by molar-refractivity contribution is 5.95. The van der Waals surface area contributed by atoms with E-state index in [4.69, 9.17) is 5.41 Å². The van der Waals surface area contributed by atoms with E-state index in [0.717, 1.165) is 0 Å². The summed E-state index contributed by atoms with van der Waals surface area (Å²) in [4.78, 5) is 0. The van der Waals surface area contributed by atoms with Gasteiger partial charge in [-0.2, -0.15) is 0 Å². The molecule has 9 heavy (non-hydrogen) atoms. The Morgan fingerprint density at radius 1 is 1.56 bits per heavy atom. The molecule has 2 heteroatoms. The minimum absolute atomic E-state index is 0.369. The van der Waals surface area contributed by atoms with Crippen molar-refractivity contribution in [2.24, 2.45) is 0 Å². The molecule has 1 N–H and O–H groups in total. The van der Waals surface area contributed by atoms with Crippen LogP contribution in [0.4, 0.5) is 4.39 Å². The summed E-state index contributed by atoms with van der Waals surface area (Å²) in [6, 6.07) is 0. The molecule has 1 nitrogen and oxygen atoms in total. The minimum atomic E-state index is -0.501. The lowest BCUT2D eigenvalue weighted by molar-refractivity contribution is 0.670. The highest BCUT2D eigenvalue weighted by atomic mass is 19.1. The highest BCUT2D eigenvalue weighted by Crippen LogP contribution is 2.01. The van der Waals surface area contributed by atoms with Gasteiger partial charge >= 0.3 is 0 Å². The number of hydrogen-bond donors (Lipinski definition) is 1. The van der Waals surface area contributed by atoms with E-state index in [1.165, 1.54) is 6.08 Å². The lowest BCUT2D eigenvalue weighted by Gasteiger charge is -1.92. The molecule has 0 saturated carbocycles. The summed E-state index contributed by atoms with van der Waals surface area (Å²) in [7, 11) is 0. The number of halogens is 1. The van der Waals surface area contributed by atoms with Crippen molar-refractivity contribution in [2.45, 2.75) is 13.8 Å². The molecule has 0 aliphatic carbocycles. The van der Waals surface area contributed by atoms with Crippen molar-refractivity contribution in [3.05, 3.63) is 24.1 Å². The number of allylic oxidation sites excluding steroid dienone is 3. The van der Waals surface area contributed by atoms with Crippen LogP contribution in [0.1, 0.15) is 13.8 Å². The Morgan fingerprint density at radius 3 is 2.11 bits per heavy atom. The first-order chi connectivity index (χ1) is 4.04. The van der Waals surface area contributed by atoms with E-state index in [0.29, 0.717) is 11.3 Å². The third kappa shape index (κ3) is 3.64. The molecule has 0 unspecified atom stereocenters. The second-order valence-electron chi connectivity index (χ2n) is 1.90. The van der Waals surface area contributed by atoms with Gasteiger partial charge in [-0.25, -0.2) is 4.39 Å². The molecule has 0 atom stereocenters. The van der Waals surface area contributed by atoms with E-state index in [1.54, 1.807) is 13.8 Å². The maximum atomic E-state index is 11.9. The van der Waals surface area contributed by atoms with Crippen LogP contribution in [0.2, 0.25) is 0 Å². The van der Waals surface area contributed by atoms with Crippen LogP contribution in [0.15, 0.2) is 24.1 Å². The maximum absolute atomic E-state index is 11.9. The summed E-state index contributed by atoms with van der Waals surface area (Å²) in [5, 5.41) is 7.02. The van der Waals surface area contributed by atoms with E-state index in [2.05, 4.69) is 6.58 Å². The molecule has 0 heterocycles. The van der Waals surface area contributed by atoms with E-state index in [1.807, 2.05) is 0 Å². The largest absolute Gasteiger partial charge is 0.305 e. The zero-order valence-corrected chi connectivity index (χ0v) is 5.66. The summed E-state index contributed by atoms with van der Waals surface area (Å²) in [6.07, 6.45) is 1.24. The molecule has 0 radical (unpaired) electrons. The van der Waals surface area contributed by atoms with E-state index >= 15 is 0 Å². The van der Waals surface area contributed by atoms with Crippen LogP contribution in [0.25, 0.3) is 0 Å². The van der Waals surface area contributed by atoms with Gasteiger partial charge in [-0.15, -0.1) is 0 Å². The van der Waals surface area contributed by atoms with Gasteiger partial charge in [0.1, 0.15) is 5.83 Å². The number of nitrogens with one attached hydrogen (secondary N) is 1. The van der Waals surface area contributed by atoms with Crippen molar-refractivity contribution in [1.82, 2.24) is 0 Å². The molecule has 0 aliphatic heterocycles. The van der Waals surface area contributed by atoms with Crippen LogP contribution in [-0.2, 0) is 0 Å². The van der Waals surface area contributed by atoms with Crippen LogP contribution < -0.4 is 0 Å². The van der Waals surface area contributed by atoms with Crippen LogP contribution in [0.5, 0.6) is 0 Å². The van der Waals surface area contributed by atoms with Crippen LogP contribution in [0, 0.1) is 5.41 Å². The third-order valence-corrected chi connectivity index (χ3v) is 0.965. The topological polar surface area (TPSA) is 23.9 Å². The average molecular weight is 127 g/mol. The Kier molecular flexibility index (Phi) is 2.85. The summed E-state index contributed by atoms with van der Waals surface area (Å²) in [6.45, 7) is 6.32. The highest BCUT2D eigenvalue weighted by Gasteiger charge is 1.90. The zero-order chi connectivity index (χ0) is 7.44. The Labute approximate surface area is 54.4 Å². The van der Waals surface area contributed by atoms with Crippen molar-refractivity contribution in [2.75, 3.05) is 0 Å². The van der Waals surface area contributed by atoms with Gasteiger partial charge in [-0.3, -0.25) is 0 Å². The Hall–Kier alpha value is -0.920. The Morgan fingerprint density at radius 2 is 2.00 bits per heavy atom. The van der Waals surface area contributed by atoms with E-state index < -0.39 is 5.83 Å². The average Bonchev–Trinajstić information content (AvgIpc) is 1.63. The summed E-state index contributed by atoms with van der Waals surface area (Å²) in [5.41, 5.74) is 0.983. The predicted octanol–water partition coefficient (Wildman–Crippen LogP) is 2.46. The SMILES string of the molecule is C=C(F)/C=C(/C)C(C)=N. The fourth-order valence-electron chi connectivity index (χ4n) is 0.343. The maximum Gasteiger partial charge on any atom is 0.116 e. The first kappa shape index (κ1) is 8.08. The number of rotatable bonds is 2. The minimum Gasteiger partial charge on any atom is -0.305 e. The van der Waals surface area contributed by atoms with Crippen molar-refractivity contribution in [3.8, 4) is 0 Å². The normalized spacial score (nSPS) is 11.2. The van der Waals surface area contributed by atoms with Crippen LogP contribution in [-0.4, -0.2) is 5.71 Å². The fraction of sp³-hybridized carbons (Fsp3) is 0.286. The van der Waals surface area contributed by atoms with Crippen molar-refractivity contribution in [1.29, 1.82) is 5.41 Å². The molecule has 0 aromatic rings. The molecule has 0 aromatic heterocycles. The van der Waals surface area contributed by atoms with Crippen LogP contribution in [0.3, 0.4) is 0 Å². The first-order valence-corrected chi connectivity index (χ1v) is 2.62.